The Morgan fingerprint density at radius 3 is 2.47 bits per heavy atom. The smallest absolute Gasteiger partial charge is 0.253 e. The average Bonchev–Trinajstić information content (AvgIpc) is 2.85. The first-order valence-corrected chi connectivity index (χ1v) is 11.6. The van der Waals surface area contributed by atoms with Crippen molar-refractivity contribution in [3.8, 4) is 5.75 Å². The summed E-state index contributed by atoms with van der Waals surface area (Å²) in [6, 6.07) is 10.2. The summed E-state index contributed by atoms with van der Waals surface area (Å²) in [5.41, 5.74) is 0.159. The van der Waals surface area contributed by atoms with Gasteiger partial charge in [0, 0.05) is 43.6 Å². The van der Waals surface area contributed by atoms with Crippen LogP contribution in [0.25, 0.3) is 0 Å². The highest BCUT2D eigenvalue weighted by molar-refractivity contribution is 5.94. The fourth-order valence-corrected chi connectivity index (χ4v) is 4.62. The van der Waals surface area contributed by atoms with Gasteiger partial charge in [0.05, 0.1) is 19.8 Å². The summed E-state index contributed by atoms with van der Waals surface area (Å²) in [6.07, 6.45) is 1.62. The Kier molecular flexibility index (Phi) is 7.46. The Bertz CT molecular complexity index is 1020. The molecule has 0 aromatic heterocycles. The lowest BCUT2D eigenvalue weighted by molar-refractivity contribution is -0.139. The minimum absolute atomic E-state index is 0.00156. The number of morpholine rings is 1. The van der Waals surface area contributed by atoms with Crippen molar-refractivity contribution < 1.29 is 27.8 Å². The maximum atomic E-state index is 14.1. The van der Waals surface area contributed by atoms with E-state index >= 15 is 0 Å². The number of hydrogen-bond acceptors (Lipinski definition) is 4. The molecule has 0 radical (unpaired) electrons. The van der Waals surface area contributed by atoms with E-state index in [0.29, 0.717) is 63.5 Å². The Labute approximate surface area is 198 Å². The van der Waals surface area contributed by atoms with Gasteiger partial charge in [0.1, 0.15) is 17.4 Å². The van der Waals surface area contributed by atoms with Gasteiger partial charge in [-0.25, -0.2) is 8.78 Å². The minimum Gasteiger partial charge on any atom is -0.493 e. The van der Waals surface area contributed by atoms with Gasteiger partial charge in [0.25, 0.3) is 5.91 Å². The molecule has 182 valence electrons. The topological polar surface area (TPSA) is 59.1 Å². The number of aryl methyl sites for hydroxylation is 1. The van der Waals surface area contributed by atoms with E-state index < -0.39 is 11.2 Å². The molecule has 2 aliphatic heterocycles. The molecule has 8 heteroatoms. The van der Waals surface area contributed by atoms with Crippen LogP contribution in [0.15, 0.2) is 42.5 Å². The van der Waals surface area contributed by atoms with Gasteiger partial charge in [-0.05, 0) is 61.7 Å². The predicted molar refractivity (Wildman–Crippen MR) is 123 cm³/mol. The van der Waals surface area contributed by atoms with Crippen LogP contribution in [0.2, 0.25) is 0 Å². The molecule has 2 aliphatic rings. The van der Waals surface area contributed by atoms with Gasteiger partial charge in [-0.3, -0.25) is 9.59 Å². The van der Waals surface area contributed by atoms with Crippen LogP contribution in [0.3, 0.4) is 0 Å². The van der Waals surface area contributed by atoms with Gasteiger partial charge in [0.2, 0.25) is 5.91 Å². The number of benzene rings is 2. The number of rotatable bonds is 6. The molecule has 34 heavy (non-hydrogen) atoms. The molecule has 2 saturated heterocycles. The first-order valence-electron chi connectivity index (χ1n) is 11.6. The SMILES string of the molecule is Cc1ccc(C(=O)N2CCC[C@@](COc3ccc(F)cc3)(CC(=O)N3CCOCC3)C2)cc1F. The largest absolute Gasteiger partial charge is 0.493 e. The molecule has 0 spiro atoms. The molecule has 6 nitrogen and oxygen atoms in total. The van der Waals surface area contributed by atoms with Crippen LogP contribution in [-0.4, -0.2) is 67.6 Å². The van der Waals surface area contributed by atoms with E-state index in [-0.39, 0.29) is 36.2 Å². The molecule has 0 aliphatic carbocycles. The maximum Gasteiger partial charge on any atom is 0.253 e. The second-order valence-electron chi connectivity index (χ2n) is 9.21. The Morgan fingerprint density at radius 2 is 1.76 bits per heavy atom. The molecule has 2 aromatic carbocycles. The van der Waals surface area contributed by atoms with Crippen LogP contribution in [0, 0.1) is 24.0 Å². The quantitative estimate of drug-likeness (QED) is 0.642. The maximum absolute atomic E-state index is 14.1. The van der Waals surface area contributed by atoms with Crippen molar-refractivity contribution >= 4 is 11.8 Å². The second-order valence-corrected chi connectivity index (χ2v) is 9.21. The lowest BCUT2D eigenvalue weighted by atomic mass is 9.77. The third-order valence-electron chi connectivity index (χ3n) is 6.62. The summed E-state index contributed by atoms with van der Waals surface area (Å²) in [4.78, 5) is 29.9. The molecular formula is C26H30F2N2O4. The first kappa shape index (κ1) is 24.1. The zero-order valence-electron chi connectivity index (χ0n) is 19.4. The van der Waals surface area contributed by atoms with Gasteiger partial charge >= 0.3 is 0 Å². The lowest BCUT2D eigenvalue weighted by Gasteiger charge is -2.43. The molecule has 0 bridgehead atoms. The number of amides is 2. The number of nitrogens with zero attached hydrogens (tertiary/aromatic N) is 2. The normalized spacial score (nSPS) is 20.8. The van der Waals surface area contributed by atoms with Crippen LogP contribution in [-0.2, 0) is 9.53 Å². The van der Waals surface area contributed by atoms with Crippen molar-refractivity contribution in [1.29, 1.82) is 0 Å². The van der Waals surface area contributed by atoms with E-state index in [2.05, 4.69) is 0 Å². The molecule has 2 aromatic rings. The highest BCUT2D eigenvalue weighted by Crippen LogP contribution is 2.36. The van der Waals surface area contributed by atoms with Crippen molar-refractivity contribution in [2.24, 2.45) is 5.41 Å². The number of halogens is 2. The number of carbonyl (C=O) groups excluding carboxylic acids is 2. The Morgan fingerprint density at radius 1 is 1.03 bits per heavy atom. The summed E-state index contributed by atoms with van der Waals surface area (Å²) >= 11 is 0. The van der Waals surface area contributed by atoms with E-state index in [9.17, 15) is 18.4 Å². The summed E-state index contributed by atoms with van der Waals surface area (Å²) in [7, 11) is 0. The van der Waals surface area contributed by atoms with Crippen molar-refractivity contribution in [3.63, 3.8) is 0 Å². The number of ether oxygens (including phenoxy) is 2. The standard InChI is InChI=1S/C26H30F2N2O4/c1-19-3-4-20(15-23(19)28)25(32)30-10-2-9-26(17-30,16-24(31)29-11-13-33-14-12-29)18-34-22-7-5-21(27)6-8-22/h3-8,15H,2,9-14,16-18H2,1H3/t26-/m1/s1. The van der Waals surface area contributed by atoms with Crippen molar-refractivity contribution in [1.82, 2.24) is 9.80 Å². The third-order valence-corrected chi connectivity index (χ3v) is 6.62. The van der Waals surface area contributed by atoms with Gasteiger partial charge in [-0.2, -0.15) is 0 Å². The van der Waals surface area contributed by atoms with E-state index in [1.54, 1.807) is 41.0 Å². The predicted octanol–water partition coefficient (Wildman–Crippen LogP) is 3.82. The lowest BCUT2D eigenvalue weighted by Crippen LogP contribution is -2.52. The van der Waals surface area contributed by atoms with Crippen LogP contribution >= 0.6 is 0 Å². The molecule has 0 N–H and O–H groups in total. The first-order chi connectivity index (χ1) is 16.3. The minimum atomic E-state index is -0.610. The van der Waals surface area contributed by atoms with Crippen LogP contribution in [0.5, 0.6) is 5.75 Å². The Hall–Kier alpha value is -3.00. The molecule has 1 atom stereocenters. The van der Waals surface area contributed by atoms with Gasteiger partial charge < -0.3 is 19.3 Å². The number of carbonyl (C=O) groups is 2. The van der Waals surface area contributed by atoms with Crippen LogP contribution < -0.4 is 4.74 Å². The van der Waals surface area contributed by atoms with Gasteiger partial charge in [-0.15, -0.1) is 0 Å². The molecule has 0 unspecified atom stereocenters. The van der Waals surface area contributed by atoms with E-state index in [4.69, 9.17) is 9.47 Å². The van der Waals surface area contributed by atoms with Gasteiger partial charge in [0.15, 0.2) is 0 Å². The average molecular weight is 473 g/mol. The second kappa shape index (κ2) is 10.5. The Balaban J connectivity index is 1.53. The van der Waals surface area contributed by atoms with E-state index in [1.807, 2.05) is 0 Å². The van der Waals surface area contributed by atoms with Gasteiger partial charge in [-0.1, -0.05) is 6.07 Å². The molecule has 4 rings (SSSR count). The summed E-state index contributed by atoms with van der Waals surface area (Å²) in [6.45, 7) is 4.80. The van der Waals surface area contributed by atoms with Crippen molar-refractivity contribution in [3.05, 3.63) is 65.2 Å². The zero-order valence-corrected chi connectivity index (χ0v) is 19.4. The number of likely N-dealkylation sites (tertiary alicyclic amines) is 1. The molecule has 2 amide bonds. The highest BCUT2D eigenvalue weighted by atomic mass is 19.1. The number of piperidine rings is 1. The summed E-state index contributed by atoms with van der Waals surface area (Å²) < 4.78 is 38.8. The summed E-state index contributed by atoms with van der Waals surface area (Å²) in [5.74, 6) is -0.533. The van der Waals surface area contributed by atoms with Crippen LogP contribution in [0.4, 0.5) is 8.78 Å². The van der Waals surface area contributed by atoms with Crippen molar-refractivity contribution in [2.45, 2.75) is 26.2 Å². The molecule has 0 saturated carbocycles. The van der Waals surface area contributed by atoms with Crippen LogP contribution in [0.1, 0.15) is 35.2 Å². The fraction of sp³-hybridized carbons (Fsp3) is 0.462. The molecule has 2 fully saturated rings. The molecular weight excluding hydrogens is 442 g/mol. The van der Waals surface area contributed by atoms with Crippen molar-refractivity contribution in [2.75, 3.05) is 46.0 Å². The third kappa shape index (κ3) is 5.73. The fourth-order valence-electron chi connectivity index (χ4n) is 4.62. The summed E-state index contributed by atoms with van der Waals surface area (Å²) in [5, 5.41) is 0. The highest BCUT2D eigenvalue weighted by Gasteiger charge is 2.41. The monoisotopic (exact) mass is 472 g/mol. The molecule has 2 heterocycles. The van der Waals surface area contributed by atoms with E-state index in [1.165, 1.54) is 18.2 Å². The zero-order chi connectivity index (χ0) is 24.1. The number of hydrogen-bond donors (Lipinski definition) is 0. The van der Waals surface area contributed by atoms with E-state index in [0.717, 1.165) is 0 Å².